The van der Waals surface area contributed by atoms with Crippen molar-refractivity contribution in [1.29, 1.82) is 0 Å². The van der Waals surface area contributed by atoms with Crippen molar-refractivity contribution in [3.63, 3.8) is 0 Å². The highest BCUT2D eigenvalue weighted by molar-refractivity contribution is 6.03. The normalized spacial score (nSPS) is 16.5. The first kappa shape index (κ1) is 48.8. The zero-order valence-electron chi connectivity index (χ0n) is 38.4. The minimum absolute atomic E-state index is 0.0204. The Kier molecular flexibility index (Phi) is 15.4. The van der Waals surface area contributed by atoms with E-state index in [1.165, 1.54) is 0 Å². The van der Waals surface area contributed by atoms with E-state index in [1.807, 2.05) is 104 Å². The molecule has 0 spiro atoms. The summed E-state index contributed by atoms with van der Waals surface area (Å²) < 4.78 is 2.06. The number of carboxylic acids is 3. The Hall–Kier alpha value is -7.67. The molecule has 6 rings (SSSR count). The summed E-state index contributed by atoms with van der Waals surface area (Å²) in [5.41, 5.74) is 10.0. The fraction of sp³-hybridized carbons (Fsp3) is 0.278. The van der Waals surface area contributed by atoms with E-state index in [0.717, 1.165) is 61.7 Å². The second-order valence-electron chi connectivity index (χ2n) is 17.8. The van der Waals surface area contributed by atoms with E-state index in [-0.39, 0.29) is 25.9 Å². The summed E-state index contributed by atoms with van der Waals surface area (Å²) in [5.74, 6) is -4.94. The monoisotopic (exact) mass is 905 g/mol. The summed E-state index contributed by atoms with van der Waals surface area (Å²) in [4.78, 5) is 73.9. The summed E-state index contributed by atoms with van der Waals surface area (Å²) in [5, 5.41) is 32.8. The van der Waals surface area contributed by atoms with Crippen LogP contribution in [0.5, 0.6) is 0 Å². The second kappa shape index (κ2) is 21.1. The molecule has 4 aromatic carbocycles. The Morgan fingerprint density at radius 3 is 1.90 bits per heavy atom. The standard InChI is InChI=1S/C54H56N4O9/c1-35(14-12-20-46-53(2,3)41-30-38(36-16-8-6-9-17-36)22-24-44(41)57(46)28-26-48(60)55-40(34-59)32-50(62)63)15-13-21-47-54(4,5)42-31-39(37-18-10-7-11-19-37)23-25-45(42)58(47)29-27-49(61)56-43(52(66)67)33-51(64)65/h6-25,30-31,34,40,43H,26-29,32-33H2,1-5H3,(H4-,55,56,60,61,62,63,64,65,66,67)/p+1. The maximum atomic E-state index is 13.1. The zero-order chi connectivity index (χ0) is 48.5. The summed E-state index contributed by atoms with van der Waals surface area (Å²) >= 11 is 0. The Bertz CT molecular complexity index is 2710. The molecular formula is C54H57N4O9+. The number of allylic oxidation sites excluding steroid dienone is 8. The van der Waals surface area contributed by atoms with Gasteiger partial charge in [-0.05, 0) is 78.9 Å². The van der Waals surface area contributed by atoms with Gasteiger partial charge in [0.05, 0.1) is 30.7 Å². The fourth-order valence-electron chi connectivity index (χ4n) is 8.76. The van der Waals surface area contributed by atoms with Crippen molar-refractivity contribution in [1.82, 2.24) is 10.6 Å². The molecule has 0 saturated heterocycles. The Labute approximate surface area is 390 Å². The average Bonchev–Trinajstić information content (AvgIpc) is 3.64. The molecule has 13 heteroatoms. The molecule has 346 valence electrons. The van der Waals surface area contributed by atoms with E-state index >= 15 is 0 Å². The Morgan fingerprint density at radius 1 is 0.701 bits per heavy atom. The number of carbonyl (C=O) groups excluding carboxylic acids is 3. The van der Waals surface area contributed by atoms with E-state index < -0.39 is 65.5 Å². The number of nitrogens with one attached hydrogen (secondary N) is 2. The van der Waals surface area contributed by atoms with E-state index in [4.69, 9.17) is 5.11 Å². The third-order valence-corrected chi connectivity index (χ3v) is 12.3. The second-order valence-corrected chi connectivity index (χ2v) is 17.8. The first-order valence-corrected chi connectivity index (χ1v) is 22.2. The van der Waals surface area contributed by atoms with Gasteiger partial charge in [0.25, 0.3) is 0 Å². The number of nitrogens with zero attached hydrogens (tertiary/aromatic N) is 2. The molecule has 4 aromatic rings. The topological polar surface area (TPSA) is 193 Å². The Morgan fingerprint density at radius 2 is 1.30 bits per heavy atom. The number of hydrogen-bond acceptors (Lipinski definition) is 7. The molecule has 67 heavy (non-hydrogen) atoms. The molecule has 0 saturated carbocycles. The number of amides is 2. The summed E-state index contributed by atoms with van der Waals surface area (Å²) in [7, 11) is 0. The van der Waals surface area contributed by atoms with E-state index in [1.54, 1.807) is 0 Å². The van der Waals surface area contributed by atoms with Gasteiger partial charge < -0.3 is 35.6 Å². The SMILES string of the molecule is CC(C=CC=C1N(CCC(=O)NC(C=O)CC(=O)O)c2ccc(-c3ccccc3)cc2C1(C)C)=CC=CC1=[N+](CCC(=O)NC(CC(=O)O)C(=O)O)c2ccc(-c3ccccc3)cc2C1(C)C. The smallest absolute Gasteiger partial charge is 0.326 e. The lowest BCUT2D eigenvalue weighted by Crippen LogP contribution is -2.42. The number of anilines is 1. The molecule has 2 amide bonds. The molecule has 2 atom stereocenters. The number of carbonyl (C=O) groups is 6. The van der Waals surface area contributed by atoms with Crippen LogP contribution in [0.2, 0.25) is 0 Å². The first-order valence-electron chi connectivity index (χ1n) is 22.2. The fourth-order valence-corrected chi connectivity index (χ4v) is 8.76. The van der Waals surface area contributed by atoms with Crippen LogP contribution in [-0.4, -0.2) is 86.8 Å². The van der Waals surface area contributed by atoms with Crippen molar-refractivity contribution in [2.24, 2.45) is 0 Å². The summed E-state index contributed by atoms with van der Waals surface area (Å²) in [6, 6.07) is 30.0. The molecule has 0 fully saturated rings. The summed E-state index contributed by atoms with van der Waals surface area (Å²) in [6.45, 7) is 11.0. The maximum Gasteiger partial charge on any atom is 0.326 e. The van der Waals surface area contributed by atoms with Crippen LogP contribution in [0.15, 0.2) is 145 Å². The highest BCUT2D eigenvalue weighted by atomic mass is 16.4. The van der Waals surface area contributed by atoms with Crippen LogP contribution >= 0.6 is 0 Å². The van der Waals surface area contributed by atoms with Crippen LogP contribution in [0.3, 0.4) is 0 Å². The minimum atomic E-state index is -1.55. The highest BCUT2D eigenvalue weighted by Gasteiger charge is 2.45. The predicted molar refractivity (Wildman–Crippen MR) is 258 cm³/mol. The number of fused-ring (bicyclic) bond motifs is 2. The first-order chi connectivity index (χ1) is 31.9. The number of aliphatic carboxylic acids is 3. The third-order valence-electron chi connectivity index (χ3n) is 12.3. The van der Waals surface area contributed by atoms with Crippen molar-refractivity contribution < 1.29 is 48.7 Å². The van der Waals surface area contributed by atoms with Gasteiger partial charge in [0.1, 0.15) is 12.3 Å². The number of rotatable bonds is 20. The number of carboxylic acid groups (broad SMARTS) is 3. The van der Waals surface area contributed by atoms with Crippen LogP contribution in [0.25, 0.3) is 22.3 Å². The van der Waals surface area contributed by atoms with Gasteiger partial charge in [-0.15, -0.1) is 0 Å². The molecule has 0 bridgehead atoms. The number of benzene rings is 4. The van der Waals surface area contributed by atoms with Crippen molar-refractivity contribution >= 4 is 53.1 Å². The van der Waals surface area contributed by atoms with Gasteiger partial charge in [-0.25, -0.2) is 4.79 Å². The van der Waals surface area contributed by atoms with Crippen LogP contribution in [0, 0.1) is 0 Å². The van der Waals surface area contributed by atoms with Gasteiger partial charge in [0.15, 0.2) is 12.3 Å². The average molecular weight is 906 g/mol. The molecule has 2 aliphatic heterocycles. The van der Waals surface area contributed by atoms with Crippen molar-refractivity contribution in [3.05, 3.63) is 156 Å². The lowest BCUT2D eigenvalue weighted by molar-refractivity contribution is -0.436. The molecule has 0 radical (unpaired) electrons. The van der Waals surface area contributed by atoms with Crippen LogP contribution in [0.1, 0.15) is 71.4 Å². The maximum absolute atomic E-state index is 13.1. The number of aldehydes is 1. The molecule has 0 aromatic heterocycles. The Balaban J connectivity index is 1.28. The van der Waals surface area contributed by atoms with E-state index in [9.17, 15) is 39.0 Å². The van der Waals surface area contributed by atoms with Gasteiger partial charge in [-0.2, -0.15) is 4.58 Å². The zero-order valence-corrected chi connectivity index (χ0v) is 38.4. The van der Waals surface area contributed by atoms with Gasteiger partial charge in [0, 0.05) is 47.5 Å². The largest absolute Gasteiger partial charge is 0.481 e. The predicted octanol–water partition coefficient (Wildman–Crippen LogP) is 8.12. The van der Waals surface area contributed by atoms with Crippen molar-refractivity contribution in [2.45, 2.75) is 83.2 Å². The van der Waals surface area contributed by atoms with Crippen LogP contribution in [-0.2, 0) is 39.6 Å². The number of hydrogen-bond donors (Lipinski definition) is 5. The lowest BCUT2D eigenvalue weighted by atomic mass is 9.80. The lowest BCUT2D eigenvalue weighted by Gasteiger charge is -2.27. The minimum Gasteiger partial charge on any atom is -0.481 e. The third kappa shape index (κ3) is 11.6. The van der Waals surface area contributed by atoms with Crippen molar-refractivity contribution in [2.75, 3.05) is 18.0 Å². The van der Waals surface area contributed by atoms with E-state index in [0.29, 0.717) is 6.29 Å². The quantitative estimate of drug-likeness (QED) is 0.0329. The van der Waals surface area contributed by atoms with Crippen LogP contribution < -0.4 is 15.5 Å². The molecule has 2 unspecified atom stereocenters. The molecule has 2 heterocycles. The van der Waals surface area contributed by atoms with Crippen molar-refractivity contribution in [3.8, 4) is 22.3 Å². The molecule has 0 aliphatic carbocycles. The molecular weight excluding hydrogens is 849 g/mol. The van der Waals surface area contributed by atoms with Crippen LogP contribution in [0.4, 0.5) is 11.4 Å². The van der Waals surface area contributed by atoms with Gasteiger partial charge >= 0.3 is 17.9 Å². The highest BCUT2D eigenvalue weighted by Crippen LogP contribution is 2.49. The van der Waals surface area contributed by atoms with Gasteiger partial charge in [-0.1, -0.05) is 110 Å². The summed E-state index contributed by atoms with van der Waals surface area (Å²) in [6.07, 6.45) is 11.1. The molecule has 5 N–H and O–H groups in total. The molecule has 2 aliphatic rings. The molecule has 13 nitrogen and oxygen atoms in total. The van der Waals surface area contributed by atoms with E-state index in [2.05, 4.69) is 84.2 Å². The van der Waals surface area contributed by atoms with Gasteiger partial charge in [-0.3, -0.25) is 19.2 Å². The van der Waals surface area contributed by atoms with Gasteiger partial charge in [0.2, 0.25) is 17.5 Å².